The van der Waals surface area contributed by atoms with Gasteiger partial charge in [0.05, 0.1) is 26.2 Å². The van der Waals surface area contributed by atoms with Gasteiger partial charge in [0.2, 0.25) is 0 Å². The molecule has 0 aliphatic rings. The molecule has 1 N–H and O–H groups in total. The molecular formula is C23H22FNO6. The number of anilines is 1. The van der Waals surface area contributed by atoms with Crippen molar-refractivity contribution >= 4 is 17.6 Å². The van der Waals surface area contributed by atoms with Gasteiger partial charge in [-0.3, -0.25) is 9.59 Å². The Bertz CT molecular complexity index is 1040. The number of halogens is 1. The molecule has 0 spiro atoms. The van der Waals surface area contributed by atoms with Crippen LogP contribution in [0.25, 0.3) is 11.3 Å². The number of hydrogen-bond acceptors (Lipinski definition) is 6. The minimum Gasteiger partial charge on any atom is -0.497 e. The highest BCUT2D eigenvalue weighted by atomic mass is 19.1. The highest BCUT2D eigenvalue weighted by Gasteiger charge is 2.13. The number of benzene rings is 2. The van der Waals surface area contributed by atoms with Crippen LogP contribution in [-0.4, -0.2) is 32.7 Å². The molecule has 0 saturated carbocycles. The van der Waals surface area contributed by atoms with Crippen LogP contribution in [0.5, 0.6) is 11.5 Å². The third kappa shape index (κ3) is 6.08. The zero-order valence-corrected chi connectivity index (χ0v) is 17.1. The van der Waals surface area contributed by atoms with Gasteiger partial charge in [0.1, 0.15) is 28.8 Å². The Morgan fingerprint density at radius 3 is 2.39 bits per heavy atom. The second-order valence-electron chi connectivity index (χ2n) is 6.56. The third-order valence-electron chi connectivity index (χ3n) is 4.38. The van der Waals surface area contributed by atoms with Gasteiger partial charge in [0.15, 0.2) is 6.61 Å². The molecule has 1 aromatic heterocycles. The molecule has 3 rings (SSSR count). The SMILES string of the molecule is COc1cc(NC(=O)COC(=O)CCc2ccc(-c3ccccc3F)o2)cc(OC)c1. The Morgan fingerprint density at radius 1 is 1.00 bits per heavy atom. The summed E-state index contributed by atoms with van der Waals surface area (Å²) in [6.07, 6.45) is 0.284. The van der Waals surface area contributed by atoms with Crippen LogP contribution in [0.4, 0.5) is 10.1 Å². The average molecular weight is 427 g/mol. The Kier molecular flexibility index (Phi) is 7.26. The van der Waals surface area contributed by atoms with Crippen LogP contribution in [0, 0.1) is 5.82 Å². The number of hydrogen-bond donors (Lipinski definition) is 1. The molecule has 0 aliphatic carbocycles. The lowest BCUT2D eigenvalue weighted by molar-refractivity contribution is -0.147. The van der Waals surface area contributed by atoms with E-state index in [0.717, 1.165) is 0 Å². The lowest BCUT2D eigenvalue weighted by Gasteiger charge is -2.10. The molecule has 3 aromatic rings. The molecule has 0 aliphatic heterocycles. The number of furan rings is 1. The Labute approximate surface area is 178 Å². The molecular weight excluding hydrogens is 405 g/mol. The van der Waals surface area contributed by atoms with Gasteiger partial charge in [-0.15, -0.1) is 0 Å². The molecule has 1 amide bonds. The quantitative estimate of drug-likeness (QED) is 0.515. The van der Waals surface area contributed by atoms with E-state index in [1.54, 1.807) is 48.5 Å². The normalized spacial score (nSPS) is 10.4. The standard InChI is InChI=1S/C23H22FNO6/c1-28-17-11-15(12-18(13-17)29-2)25-22(26)14-30-23(27)10-8-16-7-9-21(31-16)19-5-3-4-6-20(19)24/h3-7,9,11-13H,8,10,14H2,1-2H3,(H,25,26). The number of rotatable bonds is 9. The van der Waals surface area contributed by atoms with Crippen LogP contribution in [-0.2, 0) is 20.7 Å². The van der Waals surface area contributed by atoms with E-state index in [4.69, 9.17) is 18.6 Å². The van der Waals surface area contributed by atoms with Gasteiger partial charge in [-0.05, 0) is 24.3 Å². The van der Waals surface area contributed by atoms with Gasteiger partial charge in [-0.25, -0.2) is 4.39 Å². The van der Waals surface area contributed by atoms with E-state index in [1.165, 1.54) is 20.3 Å². The molecule has 0 radical (unpaired) electrons. The maximum Gasteiger partial charge on any atom is 0.306 e. The maximum atomic E-state index is 13.8. The topological polar surface area (TPSA) is 87.0 Å². The van der Waals surface area contributed by atoms with Crippen molar-refractivity contribution in [1.29, 1.82) is 0 Å². The summed E-state index contributed by atoms with van der Waals surface area (Å²) in [6, 6.07) is 14.5. The second kappa shape index (κ2) is 10.3. The van der Waals surface area contributed by atoms with E-state index < -0.39 is 18.5 Å². The summed E-state index contributed by atoms with van der Waals surface area (Å²) in [5, 5.41) is 2.62. The van der Waals surface area contributed by atoms with Crippen LogP contribution < -0.4 is 14.8 Å². The summed E-state index contributed by atoms with van der Waals surface area (Å²) in [4.78, 5) is 24.0. The monoisotopic (exact) mass is 427 g/mol. The van der Waals surface area contributed by atoms with Gasteiger partial charge in [0.25, 0.3) is 5.91 Å². The first-order chi connectivity index (χ1) is 15.0. The molecule has 31 heavy (non-hydrogen) atoms. The van der Waals surface area contributed by atoms with Crippen molar-refractivity contribution in [2.45, 2.75) is 12.8 Å². The van der Waals surface area contributed by atoms with Gasteiger partial charge < -0.3 is 23.9 Å². The number of carbonyl (C=O) groups excluding carboxylic acids is 2. The summed E-state index contributed by atoms with van der Waals surface area (Å²) in [5.41, 5.74) is 0.802. The largest absolute Gasteiger partial charge is 0.497 e. The van der Waals surface area contributed by atoms with Gasteiger partial charge in [0, 0.05) is 30.3 Å². The number of amides is 1. The molecule has 0 atom stereocenters. The zero-order valence-electron chi connectivity index (χ0n) is 17.1. The summed E-state index contributed by atoms with van der Waals surface area (Å²) >= 11 is 0. The van der Waals surface area contributed by atoms with Crippen molar-refractivity contribution in [3.05, 3.63) is 66.2 Å². The van der Waals surface area contributed by atoms with Crippen molar-refractivity contribution in [2.24, 2.45) is 0 Å². The van der Waals surface area contributed by atoms with Crippen LogP contribution >= 0.6 is 0 Å². The summed E-state index contributed by atoms with van der Waals surface area (Å²) in [7, 11) is 3.00. The lowest BCUT2D eigenvalue weighted by atomic mass is 10.1. The number of ether oxygens (including phenoxy) is 3. The van der Waals surface area contributed by atoms with Crippen molar-refractivity contribution in [2.75, 3.05) is 26.1 Å². The minimum atomic E-state index is -0.554. The number of nitrogens with one attached hydrogen (secondary N) is 1. The van der Waals surface area contributed by atoms with Crippen LogP contribution in [0.2, 0.25) is 0 Å². The second-order valence-corrected chi connectivity index (χ2v) is 6.56. The van der Waals surface area contributed by atoms with Crippen molar-refractivity contribution in [3.63, 3.8) is 0 Å². The maximum absolute atomic E-state index is 13.8. The van der Waals surface area contributed by atoms with Crippen molar-refractivity contribution in [3.8, 4) is 22.8 Å². The number of carbonyl (C=O) groups is 2. The van der Waals surface area contributed by atoms with E-state index >= 15 is 0 Å². The van der Waals surface area contributed by atoms with Crippen molar-refractivity contribution in [1.82, 2.24) is 0 Å². The highest BCUT2D eigenvalue weighted by molar-refractivity contribution is 5.93. The Balaban J connectivity index is 1.46. The first kappa shape index (κ1) is 21.9. The molecule has 0 bridgehead atoms. The molecule has 0 saturated heterocycles. The molecule has 7 nitrogen and oxygen atoms in total. The zero-order chi connectivity index (χ0) is 22.2. The van der Waals surface area contributed by atoms with Crippen molar-refractivity contribution < 1.29 is 32.6 Å². The summed E-state index contributed by atoms with van der Waals surface area (Å²) in [6.45, 7) is -0.434. The highest BCUT2D eigenvalue weighted by Crippen LogP contribution is 2.26. The van der Waals surface area contributed by atoms with E-state index in [-0.39, 0.29) is 18.7 Å². The summed E-state index contributed by atoms with van der Waals surface area (Å²) < 4.78 is 34.7. The predicted molar refractivity (Wildman–Crippen MR) is 112 cm³/mol. The van der Waals surface area contributed by atoms with E-state index in [0.29, 0.717) is 34.3 Å². The smallest absolute Gasteiger partial charge is 0.306 e. The van der Waals surface area contributed by atoms with Crippen LogP contribution in [0.15, 0.2) is 59.0 Å². The van der Waals surface area contributed by atoms with Gasteiger partial charge in [-0.2, -0.15) is 0 Å². The lowest BCUT2D eigenvalue weighted by Crippen LogP contribution is -2.21. The first-order valence-corrected chi connectivity index (χ1v) is 9.50. The average Bonchev–Trinajstić information content (AvgIpc) is 3.25. The van der Waals surface area contributed by atoms with E-state index in [1.807, 2.05) is 0 Å². The molecule has 2 aromatic carbocycles. The first-order valence-electron chi connectivity index (χ1n) is 9.50. The molecule has 8 heteroatoms. The van der Waals surface area contributed by atoms with Crippen LogP contribution in [0.3, 0.4) is 0 Å². The van der Waals surface area contributed by atoms with E-state index in [2.05, 4.69) is 5.32 Å². The van der Waals surface area contributed by atoms with Gasteiger partial charge in [-0.1, -0.05) is 12.1 Å². The Hall–Kier alpha value is -3.81. The fourth-order valence-electron chi connectivity index (χ4n) is 2.84. The molecule has 0 fully saturated rings. The number of esters is 1. The Morgan fingerprint density at radius 2 is 1.71 bits per heavy atom. The summed E-state index contributed by atoms with van der Waals surface area (Å²) in [5.74, 6) is 0.491. The fourth-order valence-corrected chi connectivity index (χ4v) is 2.84. The van der Waals surface area contributed by atoms with Gasteiger partial charge >= 0.3 is 5.97 Å². The number of methoxy groups -OCH3 is 2. The third-order valence-corrected chi connectivity index (χ3v) is 4.38. The number of aryl methyl sites for hydroxylation is 1. The minimum absolute atomic E-state index is 0.0183. The van der Waals surface area contributed by atoms with Crippen LogP contribution in [0.1, 0.15) is 12.2 Å². The predicted octanol–water partition coefficient (Wildman–Crippen LogP) is 4.22. The molecule has 1 heterocycles. The fraction of sp³-hybridized carbons (Fsp3) is 0.217. The molecule has 162 valence electrons. The van der Waals surface area contributed by atoms with E-state index in [9.17, 15) is 14.0 Å². The molecule has 0 unspecified atom stereocenters.